The molecule has 0 radical (unpaired) electrons. The van der Waals surface area contributed by atoms with Crippen molar-refractivity contribution < 1.29 is 4.79 Å². The van der Waals surface area contributed by atoms with Crippen molar-refractivity contribution in [3.05, 3.63) is 35.9 Å². The minimum absolute atomic E-state index is 0.00946. The molecule has 0 spiro atoms. The average Bonchev–Trinajstić information content (AvgIpc) is 2.36. The van der Waals surface area contributed by atoms with E-state index in [2.05, 4.69) is 43.4 Å². The number of nitrogens with zero attached hydrogens (tertiary/aromatic N) is 1. The Morgan fingerprint density at radius 3 is 2.47 bits per heavy atom. The predicted molar refractivity (Wildman–Crippen MR) is 83.3 cm³/mol. The molecule has 4 heteroatoms. The zero-order valence-electron chi connectivity index (χ0n) is 12.1. The summed E-state index contributed by atoms with van der Waals surface area (Å²) in [5, 5.41) is 4.12. The van der Waals surface area contributed by atoms with Gasteiger partial charge in [0.15, 0.2) is 0 Å². The standard InChI is InChI=1S/C15H22N2OS/c1-12(15(2,3)4)16-17-14(18)11-19-10-13-8-6-5-7-9-13/h5-9H,10-11H2,1-4H3,(H,17,18). The van der Waals surface area contributed by atoms with Gasteiger partial charge in [-0.1, -0.05) is 51.1 Å². The monoisotopic (exact) mass is 278 g/mol. The van der Waals surface area contributed by atoms with Crippen molar-refractivity contribution in [1.82, 2.24) is 5.43 Å². The van der Waals surface area contributed by atoms with Gasteiger partial charge in [0.2, 0.25) is 5.91 Å². The van der Waals surface area contributed by atoms with Crippen molar-refractivity contribution in [2.45, 2.75) is 33.4 Å². The fourth-order valence-corrected chi connectivity index (χ4v) is 1.96. The van der Waals surface area contributed by atoms with Crippen molar-refractivity contribution in [2.24, 2.45) is 10.5 Å². The molecule has 1 aromatic carbocycles. The maximum Gasteiger partial charge on any atom is 0.250 e. The summed E-state index contributed by atoms with van der Waals surface area (Å²) in [5.41, 5.74) is 4.75. The van der Waals surface area contributed by atoms with E-state index in [1.54, 1.807) is 11.8 Å². The number of carbonyl (C=O) groups is 1. The number of amides is 1. The van der Waals surface area contributed by atoms with E-state index in [9.17, 15) is 4.79 Å². The van der Waals surface area contributed by atoms with Gasteiger partial charge in [0.25, 0.3) is 0 Å². The molecule has 0 aromatic heterocycles. The van der Waals surface area contributed by atoms with Crippen LogP contribution in [-0.2, 0) is 10.5 Å². The summed E-state index contributed by atoms with van der Waals surface area (Å²) in [7, 11) is 0. The number of rotatable bonds is 5. The summed E-state index contributed by atoms with van der Waals surface area (Å²) in [6.07, 6.45) is 0. The average molecular weight is 278 g/mol. The normalized spacial score (nSPS) is 12.3. The summed E-state index contributed by atoms with van der Waals surface area (Å²) in [4.78, 5) is 11.6. The van der Waals surface area contributed by atoms with Gasteiger partial charge >= 0.3 is 0 Å². The van der Waals surface area contributed by atoms with Crippen molar-refractivity contribution >= 4 is 23.4 Å². The third-order valence-electron chi connectivity index (χ3n) is 2.78. The van der Waals surface area contributed by atoms with Crippen LogP contribution < -0.4 is 5.43 Å². The van der Waals surface area contributed by atoms with Gasteiger partial charge in [-0.05, 0) is 12.5 Å². The highest BCUT2D eigenvalue weighted by Crippen LogP contribution is 2.15. The zero-order valence-corrected chi connectivity index (χ0v) is 12.9. The van der Waals surface area contributed by atoms with Crippen LogP contribution in [0, 0.1) is 5.41 Å². The third kappa shape index (κ3) is 6.43. The Kier molecular flexibility index (Phi) is 6.09. The molecule has 0 aliphatic heterocycles. The molecule has 0 heterocycles. The summed E-state index contributed by atoms with van der Waals surface area (Å²) >= 11 is 1.59. The molecule has 104 valence electrons. The highest BCUT2D eigenvalue weighted by atomic mass is 32.2. The van der Waals surface area contributed by atoms with Gasteiger partial charge in [-0.15, -0.1) is 11.8 Å². The van der Waals surface area contributed by atoms with E-state index in [-0.39, 0.29) is 11.3 Å². The van der Waals surface area contributed by atoms with E-state index in [1.807, 2.05) is 25.1 Å². The second-order valence-corrected chi connectivity index (χ2v) is 6.45. The number of thioether (sulfide) groups is 1. The Morgan fingerprint density at radius 2 is 1.89 bits per heavy atom. The topological polar surface area (TPSA) is 41.5 Å². The molecule has 0 saturated heterocycles. The smallest absolute Gasteiger partial charge is 0.250 e. The predicted octanol–water partition coefficient (Wildman–Crippen LogP) is 3.46. The summed E-state index contributed by atoms with van der Waals surface area (Å²) < 4.78 is 0. The quantitative estimate of drug-likeness (QED) is 0.662. The summed E-state index contributed by atoms with van der Waals surface area (Å²) in [5.74, 6) is 1.22. The molecule has 1 amide bonds. The maximum absolute atomic E-state index is 11.6. The number of hydrogen-bond donors (Lipinski definition) is 1. The van der Waals surface area contributed by atoms with E-state index in [0.717, 1.165) is 11.5 Å². The summed E-state index contributed by atoms with van der Waals surface area (Å²) in [6.45, 7) is 8.14. The molecule has 1 rings (SSSR count). The van der Waals surface area contributed by atoms with Crippen LogP contribution >= 0.6 is 11.8 Å². The third-order valence-corrected chi connectivity index (χ3v) is 3.78. The first-order chi connectivity index (χ1) is 8.89. The van der Waals surface area contributed by atoms with E-state index < -0.39 is 0 Å². The van der Waals surface area contributed by atoms with E-state index in [4.69, 9.17) is 0 Å². The van der Waals surface area contributed by atoms with E-state index in [1.165, 1.54) is 5.56 Å². The van der Waals surface area contributed by atoms with Crippen molar-refractivity contribution in [2.75, 3.05) is 5.75 Å². The van der Waals surface area contributed by atoms with Crippen molar-refractivity contribution in [1.29, 1.82) is 0 Å². The Morgan fingerprint density at radius 1 is 1.26 bits per heavy atom. The van der Waals surface area contributed by atoms with E-state index >= 15 is 0 Å². The lowest BCUT2D eigenvalue weighted by Crippen LogP contribution is -2.25. The lowest BCUT2D eigenvalue weighted by Gasteiger charge is -2.17. The summed E-state index contributed by atoms with van der Waals surface area (Å²) in [6, 6.07) is 10.1. The molecular formula is C15H22N2OS. The van der Waals surface area contributed by atoms with E-state index in [0.29, 0.717) is 5.75 Å². The fourth-order valence-electron chi connectivity index (χ4n) is 1.18. The van der Waals surface area contributed by atoms with Gasteiger partial charge in [-0.2, -0.15) is 5.10 Å². The molecule has 0 unspecified atom stereocenters. The first-order valence-corrected chi connectivity index (χ1v) is 7.50. The Bertz CT molecular complexity index is 435. The second kappa shape index (κ2) is 7.34. The lowest BCUT2D eigenvalue weighted by atomic mass is 9.91. The lowest BCUT2D eigenvalue weighted by molar-refractivity contribution is -0.118. The molecule has 0 bridgehead atoms. The molecular weight excluding hydrogens is 256 g/mol. The minimum atomic E-state index is -0.0514. The molecule has 0 atom stereocenters. The molecule has 0 aliphatic carbocycles. The number of carbonyl (C=O) groups excluding carboxylic acids is 1. The number of hydrazone groups is 1. The van der Waals surface area contributed by atoms with Crippen LogP contribution in [0.25, 0.3) is 0 Å². The molecule has 0 aliphatic rings. The van der Waals surface area contributed by atoms with Gasteiger partial charge < -0.3 is 0 Å². The van der Waals surface area contributed by atoms with Crippen LogP contribution in [0.5, 0.6) is 0 Å². The van der Waals surface area contributed by atoms with Crippen molar-refractivity contribution in [3.63, 3.8) is 0 Å². The highest BCUT2D eigenvalue weighted by molar-refractivity contribution is 7.99. The largest absolute Gasteiger partial charge is 0.272 e. The minimum Gasteiger partial charge on any atom is -0.272 e. The SMILES string of the molecule is CC(=NNC(=O)CSCc1ccccc1)C(C)(C)C. The van der Waals surface area contributed by atoms with Crippen LogP contribution in [0.15, 0.2) is 35.4 Å². The molecule has 19 heavy (non-hydrogen) atoms. The number of benzene rings is 1. The molecule has 0 saturated carbocycles. The Labute approximate surface area is 119 Å². The van der Waals surface area contributed by atoms with Crippen LogP contribution in [0.3, 0.4) is 0 Å². The van der Waals surface area contributed by atoms with Gasteiger partial charge in [-0.25, -0.2) is 5.43 Å². The zero-order chi connectivity index (χ0) is 14.3. The highest BCUT2D eigenvalue weighted by Gasteiger charge is 2.14. The number of hydrogen-bond acceptors (Lipinski definition) is 3. The van der Waals surface area contributed by atoms with Crippen molar-refractivity contribution in [3.8, 4) is 0 Å². The first-order valence-electron chi connectivity index (χ1n) is 6.35. The Balaban J connectivity index is 2.29. The van der Waals surface area contributed by atoms with Gasteiger partial charge in [-0.3, -0.25) is 4.79 Å². The van der Waals surface area contributed by atoms with Gasteiger partial charge in [0.05, 0.1) is 5.75 Å². The van der Waals surface area contributed by atoms with Crippen LogP contribution in [-0.4, -0.2) is 17.4 Å². The second-order valence-electron chi connectivity index (χ2n) is 5.46. The molecule has 0 fully saturated rings. The maximum atomic E-state index is 11.6. The Hall–Kier alpha value is -1.29. The number of nitrogens with one attached hydrogen (secondary N) is 1. The van der Waals surface area contributed by atoms with Gasteiger partial charge in [0, 0.05) is 16.9 Å². The first kappa shape index (κ1) is 15.8. The molecule has 3 nitrogen and oxygen atoms in total. The molecule has 1 aromatic rings. The van der Waals surface area contributed by atoms with Crippen LogP contribution in [0.4, 0.5) is 0 Å². The molecule has 1 N–H and O–H groups in total. The fraction of sp³-hybridized carbons (Fsp3) is 0.467. The van der Waals surface area contributed by atoms with Crippen LogP contribution in [0.1, 0.15) is 33.3 Å². The van der Waals surface area contributed by atoms with Crippen LogP contribution in [0.2, 0.25) is 0 Å². The van der Waals surface area contributed by atoms with Gasteiger partial charge in [0.1, 0.15) is 0 Å².